The van der Waals surface area contributed by atoms with E-state index >= 15 is 0 Å². The lowest BCUT2D eigenvalue weighted by Gasteiger charge is -2.40. The highest BCUT2D eigenvalue weighted by Gasteiger charge is 2.42. The molecule has 152 valence electrons. The van der Waals surface area contributed by atoms with Gasteiger partial charge in [0.1, 0.15) is 14.2 Å². The van der Waals surface area contributed by atoms with E-state index in [9.17, 15) is 5.11 Å². The summed E-state index contributed by atoms with van der Waals surface area (Å²) in [4.78, 5) is 0. The number of aliphatic hydroxyl groups excluding tert-OH is 1. The molecule has 1 atom stereocenters. The molecule has 1 N–H and O–H groups in total. The van der Waals surface area contributed by atoms with Gasteiger partial charge >= 0.3 is 0 Å². The Kier molecular flexibility index (Phi) is 10.2. The van der Waals surface area contributed by atoms with Crippen molar-refractivity contribution in [1.82, 2.24) is 0 Å². The topological polar surface area (TPSA) is 20.2 Å². The predicted octanol–water partition coefficient (Wildman–Crippen LogP) is 7.34. The molecule has 1 nitrogen and oxygen atoms in total. The summed E-state index contributed by atoms with van der Waals surface area (Å²) in [5.41, 5.74) is 9.84. The fourth-order valence-electron chi connectivity index (χ4n) is 5.52. The molecule has 1 unspecified atom stereocenters. The molecule has 0 amide bonds. The van der Waals surface area contributed by atoms with Crippen LogP contribution in [0.5, 0.6) is 0 Å². The summed E-state index contributed by atoms with van der Waals surface area (Å²) < 4.78 is 0. The first-order valence-corrected chi connectivity index (χ1v) is 15.2. The van der Waals surface area contributed by atoms with Crippen LogP contribution >= 0.6 is 0 Å². The van der Waals surface area contributed by atoms with Crippen molar-refractivity contribution in [2.75, 3.05) is 0 Å². The Morgan fingerprint density at radius 1 is 0.615 bits per heavy atom. The van der Waals surface area contributed by atoms with Gasteiger partial charge in [-0.25, -0.2) is 0 Å². The van der Waals surface area contributed by atoms with Crippen molar-refractivity contribution in [2.24, 2.45) is 0 Å². The van der Waals surface area contributed by atoms with E-state index in [-0.39, 0.29) is 0 Å². The average Bonchev–Trinajstić information content (AvgIpc) is 2.45. The van der Waals surface area contributed by atoms with Gasteiger partial charge in [-0.2, -0.15) is 0 Å². The van der Waals surface area contributed by atoms with Crippen molar-refractivity contribution in [3.05, 3.63) is 11.8 Å². The van der Waals surface area contributed by atoms with Gasteiger partial charge in [0.05, 0.1) is 8.07 Å². The first-order valence-electron chi connectivity index (χ1n) is 10.7. The second-order valence-electron chi connectivity index (χ2n) is 9.93. The zero-order chi connectivity index (χ0) is 20.9. The number of rotatable bonds is 8. The van der Waals surface area contributed by atoms with Gasteiger partial charge in [0.15, 0.2) is 0 Å². The monoisotopic (exact) mass is 394 g/mol. The maximum Gasteiger partial charge on any atom is 0.146 e. The molecule has 0 heterocycles. The van der Waals surface area contributed by atoms with Gasteiger partial charge in [-0.15, -0.1) is 5.54 Å². The van der Waals surface area contributed by atoms with Gasteiger partial charge in [-0.05, 0) is 33.2 Å². The van der Waals surface area contributed by atoms with Crippen molar-refractivity contribution < 1.29 is 5.11 Å². The highest BCUT2D eigenvalue weighted by molar-refractivity contribution is 6.90. The summed E-state index contributed by atoms with van der Waals surface area (Å²) in [6.45, 7) is 28.0. The van der Waals surface area contributed by atoms with Crippen LogP contribution in [0.3, 0.4) is 0 Å². The van der Waals surface area contributed by atoms with Gasteiger partial charge < -0.3 is 5.11 Å². The Bertz CT molecular complexity index is 460. The highest BCUT2D eigenvalue weighted by atomic mass is 28.3. The van der Waals surface area contributed by atoms with Crippen molar-refractivity contribution in [2.45, 2.75) is 122 Å². The quantitative estimate of drug-likeness (QED) is 0.337. The second-order valence-corrected chi connectivity index (χ2v) is 21.3. The molecular weight excluding hydrogens is 348 g/mol. The Morgan fingerprint density at radius 2 is 0.962 bits per heavy atom. The molecule has 0 rings (SSSR count). The molecule has 0 saturated heterocycles. The molecule has 0 aromatic carbocycles. The summed E-state index contributed by atoms with van der Waals surface area (Å²) in [5, 5.41) is 10.7. The molecular formula is C23H46OSi2. The largest absolute Gasteiger partial charge is 0.377 e. The molecule has 0 aromatic heterocycles. The van der Waals surface area contributed by atoms with Crippen LogP contribution < -0.4 is 0 Å². The van der Waals surface area contributed by atoms with E-state index in [1.165, 1.54) is 0 Å². The first-order chi connectivity index (χ1) is 11.8. The van der Waals surface area contributed by atoms with Crippen LogP contribution in [-0.4, -0.2) is 27.4 Å². The van der Waals surface area contributed by atoms with Gasteiger partial charge in [0.2, 0.25) is 0 Å². The third kappa shape index (κ3) is 5.36. The van der Waals surface area contributed by atoms with Gasteiger partial charge in [0.25, 0.3) is 0 Å². The number of hydrogen-bond donors (Lipinski definition) is 1. The molecule has 0 aliphatic rings. The van der Waals surface area contributed by atoms with Crippen molar-refractivity contribution in [3.8, 4) is 11.5 Å². The number of aliphatic hydroxyl groups is 1. The summed E-state index contributed by atoms with van der Waals surface area (Å²) in [6, 6.07) is 0. The summed E-state index contributed by atoms with van der Waals surface area (Å²) in [5.74, 6) is 3.26. The van der Waals surface area contributed by atoms with Gasteiger partial charge in [-0.3, -0.25) is 0 Å². The fraction of sp³-hybridized carbons (Fsp3) is 0.826. The predicted molar refractivity (Wildman–Crippen MR) is 125 cm³/mol. The molecule has 0 aliphatic heterocycles. The Morgan fingerprint density at radius 3 is 1.23 bits per heavy atom. The van der Waals surface area contributed by atoms with E-state index in [2.05, 4.69) is 100 Å². The summed E-state index contributed by atoms with van der Waals surface area (Å²) >= 11 is 0. The second kappa shape index (κ2) is 10.3. The first kappa shape index (κ1) is 25.7. The fourth-order valence-corrected chi connectivity index (χ4v) is 16.4. The molecule has 26 heavy (non-hydrogen) atoms. The number of hydrogen-bond acceptors (Lipinski definition) is 1. The lowest BCUT2D eigenvalue weighted by atomic mass is 10.4. The Balaban J connectivity index is 5.82. The van der Waals surface area contributed by atoms with E-state index in [0.717, 1.165) is 0 Å². The van der Waals surface area contributed by atoms with E-state index in [1.807, 2.05) is 6.08 Å². The molecule has 0 aliphatic carbocycles. The van der Waals surface area contributed by atoms with Crippen molar-refractivity contribution in [1.29, 1.82) is 0 Å². The van der Waals surface area contributed by atoms with Crippen LogP contribution in [-0.2, 0) is 0 Å². The van der Waals surface area contributed by atoms with Crippen LogP contribution in [0.1, 0.15) is 83.1 Å². The minimum Gasteiger partial charge on any atom is -0.377 e. The lowest BCUT2D eigenvalue weighted by molar-refractivity contribution is 0.281. The van der Waals surface area contributed by atoms with Gasteiger partial charge in [0, 0.05) is 0 Å². The Labute approximate surface area is 167 Å². The van der Waals surface area contributed by atoms with Crippen molar-refractivity contribution in [3.63, 3.8) is 0 Å². The molecule has 0 spiro atoms. The van der Waals surface area contributed by atoms with Crippen LogP contribution in [0.15, 0.2) is 11.8 Å². The zero-order valence-electron chi connectivity index (χ0n) is 19.6. The third-order valence-corrected chi connectivity index (χ3v) is 19.9. The molecule has 0 bridgehead atoms. The minimum atomic E-state index is -1.77. The maximum atomic E-state index is 10.7. The van der Waals surface area contributed by atoms with Crippen molar-refractivity contribution >= 4 is 16.1 Å². The molecule has 0 fully saturated rings. The smallest absolute Gasteiger partial charge is 0.146 e. The van der Waals surface area contributed by atoms with E-state index in [0.29, 0.717) is 33.2 Å². The highest BCUT2D eigenvalue weighted by Crippen LogP contribution is 2.43. The zero-order valence-corrected chi connectivity index (χ0v) is 21.6. The average molecular weight is 395 g/mol. The third-order valence-electron chi connectivity index (χ3n) is 6.87. The standard InChI is InChI=1S/C23H46OSi2/c1-17(2)25(18(3)4,19(5)6)15-13-23(24)14-16-26(20(7)8,21(9)10)22(11)12/h13,15,17-24H,1-12H3/b15-13+. The van der Waals surface area contributed by atoms with E-state index < -0.39 is 22.3 Å². The van der Waals surface area contributed by atoms with Crippen LogP contribution in [0.25, 0.3) is 0 Å². The molecule has 0 saturated carbocycles. The lowest BCUT2D eigenvalue weighted by Crippen LogP contribution is -2.43. The van der Waals surface area contributed by atoms with Crippen LogP contribution in [0.4, 0.5) is 0 Å². The SMILES string of the molecule is CC(C)[Si](C#CC(O)/C=C/[Si](C(C)C)(C(C)C)C(C)C)(C(C)C)C(C)C. The molecule has 3 heteroatoms. The molecule has 0 radical (unpaired) electrons. The summed E-state index contributed by atoms with van der Waals surface area (Å²) in [7, 11) is -3.40. The summed E-state index contributed by atoms with van der Waals surface area (Å²) in [6.07, 6.45) is 1.38. The minimum absolute atomic E-state index is 0.599. The molecule has 0 aromatic rings. The Hall–Kier alpha value is -0.306. The normalized spacial score (nSPS) is 15.0. The van der Waals surface area contributed by atoms with E-state index in [4.69, 9.17) is 0 Å². The van der Waals surface area contributed by atoms with Gasteiger partial charge in [-0.1, -0.05) is 101 Å². The van der Waals surface area contributed by atoms with Crippen LogP contribution in [0, 0.1) is 11.5 Å². The van der Waals surface area contributed by atoms with E-state index in [1.54, 1.807) is 0 Å². The van der Waals surface area contributed by atoms with Crippen LogP contribution in [0.2, 0.25) is 33.2 Å². The maximum absolute atomic E-state index is 10.7.